The fourth-order valence-electron chi connectivity index (χ4n) is 2.42. The molecular weight excluding hydrogens is 267 g/mol. The average molecular weight is 287 g/mol. The summed E-state index contributed by atoms with van der Waals surface area (Å²) in [5.41, 5.74) is 0.628. The van der Waals surface area contributed by atoms with Crippen molar-refractivity contribution in [3.05, 3.63) is 24.3 Å². The van der Waals surface area contributed by atoms with E-state index in [9.17, 15) is 13.2 Å². The lowest BCUT2D eigenvalue weighted by Gasteiger charge is -2.29. The molecule has 2 nitrogen and oxygen atoms in total. The largest absolute Gasteiger partial charge is 0.482 e. The van der Waals surface area contributed by atoms with Crippen LogP contribution in [0.2, 0.25) is 0 Å². The Balaban J connectivity index is 1.92. The van der Waals surface area contributed by atoms with Crippen LogP contribution in [0.25, 0.3) is 0 Å². The Kier molecular flexibility index (Phi) is 4.78. The predicted molar refractivity (Wildman–Crippen MR) is 73.0 cm³/mol. The standard InChI is InChI=1S/C15H20F3NO/c1-11(9-12-5-4-6-12)19-13-7-2-3-8-14(13)20-10-15(16,17)18/h2-3,7-8,11-12,19H,4-6,9-10H2,1H3. The summed E-state index contributed by atoms with van der Waals surface area (Å²) in [5, 5.41) is 3.25. The van der Waals surface area contributed by atoms with Gasteiger partial charge < -0.3 is 10.1 Å². The Labute approximate surface area is 117 Å². The van der Waals surface area contributed by atoms with Gasteiger partial charge in [0.15, 0.2) is 6.61 Å². The molecule has 2 rings (SSSR count). The Morgan fingerprint density at radius 2 is 2.00 bits per heavy atom. The highest BCUT2D eigenvalue weighted by atomic mass is 19.4. The number of hydrogen-bond donors (Lipinski definition) is 1. The van der Waals surface area contributed by atoms with E-state index >= 15 is 0 Å². The van der Waals surface area contributed by atoms with Crippen LogP contribution < -0.4 is 10.1 Å². The average Bonchev–Trinajstić information content (AvgIpc) is 2.32. The minimum atomic E-state index is -4.31. The first-order valence-corrected chi connectivity index (χ1v) is 6.99. The second-order valence-corrected chi connectivity index (χ2v) is 5.48. The number of halogens is 3. The van der Waals surface area contributed by atoms with E-state index in [1.807, 2.05) is 0 Å². The summed E-state index contributed by atoms with van der Waals surface area (Å²) < 4.78 is 41.5. The number of nitrogens with one attached hydrogen (secondary N) is 1. The molecule has 0 aliphatic heterocycles. The highest BCUT2D eigenvalue weighted by Crippen LogP contribution is 2.32. The van der Waals surface area contributed by atoms with Gasteiger partial charge >= 0.3 is 6.18 Å². The van der Waals surface area contributed by atoms with Crippen LogP contribution in [0, 0.1) is 5.92 Å². The summed E-state index contributed by atoms with van der Waals surface area (Å²) in [6.45, 7) is 0.793. The lowest BCUT2D eigenvalue weighted by atomic mass is 9.81. The van der Waals surface area contributed by atoms with E-state index in [4.69, 9.17) is 4.74 Å². The molecule has 1 fully saturated rings. The molecule has 1 N–H and O–H groups in total. The molecule has 5 heteroatoms. The molecule has 1 aliphatic rings. The number of benzene rings is 1. The summed E-state index contributed by atoms with van der Waals surface area (Å²) in [7, 11) is 0. The third-order valence-corrected chi connectivity index (χ3v) is 3.59. The van der Waals surface area contributed by atoms with Gasteiger partial charge in [0.1, 0.15) is 5.75 Å². The van der Waals surface area contributed by atoms with Crippen molar-refractivity contribution in [3.63, 3.8) is 0 Å². The van der Waals surface area contributed by atoms with Crippen LogP contribution in [0.5, 0.6) is 5.75 Å². The SMILES string of the molecule is CC(CC1CCC1)Nc1ccccc1OCC(F)(F)F. The van der Waals surface area contributed by atoms with Crippen molar-refractivity contribution in [3.8, 4) is 5.75 Å². The second-order valence-electron chi connectivity index (χ2n) is 5.48. The Morgan fingerprint density at radius 3 is 2.60 bits per heavy atom. The molecule has 1 aliphatic carbocycles. The zero-order valence-corrected chi connectivity index (χ0v) is 11.5. The maximum atomic E-state index is 12.2. The van der Waals surface area contributed by atoms with Gasteiger partial charge in [-0.25, -0.2) is 0 Å². The molecule has 0 spiro atoms. The van der Waals surface area contributed by atoms with Gasteiger partial charge in [0.25, 0.3) is 0 Å². The van der Waals surface area contributed by atoms with E-state index in [1.54, 1.807) is 24.3 Å². The maximum absolute atomic E-state index is 12.2. The third-order valence-electron chi connectivity index (χ3n) is 3.59. The highest BCUT2D eigenvalue weighted by molar-refractivity contribution is 5.56. The van der Waals surface area contributed by atoms with Crippen LogP contribution in [0.4, 0.5) is 18.9 Å². The topological polar surface area (TPSA) is 21.3 Å². The highest BCUT2D eigenvalue weighted by Gasteiger charge is 2.29. The predicted octanol–water partition coefficient (Wildman–Crippen LogP) is 4.62. The van der Waals surface area contributed by atoms with Gasteiger partial charge in [-0.2, -0.15) is 13.2 Å². The first-order chi connectivity index (χ1) is 9.44. The zero-order chi connectivity index (χ0) is 14.6. The molecule has 1 unspecified atom stereocenters. The number of hydrogen-bond acceptors (Lipinski definition) is 2. The molecule has 1 atom stereocenters. The van der Waals surface area contributed by atoms with Crippen molar-refractivity contribution < 1.29 is 17.9 Å². The fraction of sp³-hybridized carbons (Fsp3) is 0.600. The molecule has 0 aromatic heterocycles. The molecule has 0 saturated heterocycles. The van der Waals surface area contributed by atoms with Crippen molar-refractivity contribution in [1.29, 1.82) is 0 Å². The Morgan fingerprint density at radius 1 is 1.30 bits per heavy atom. The van der Waals surface area contributed by atoms with Crippen molar-refractivity contribution in [2.24, 2.45) is 5.92 Å². The van der Waals surface area contributed by atoms with E-state index in [-0.39, 0.29) is 11.8 Å². The monoisotopic (exact) mass is 287 g/mol. The third kappa shape index (κ3) is 4.62. The lowest BCUT2D eigenvalue weighted by molar-refractivity contribution is -0.153. The maximum Gasteiger partial charge on any atom is 0.422 e. The van der Waals surface area contributed by atoms with Gasteiger partial charge in [-0.05, 0) is 31.4 Å². The molecule has 0 radical (unpaired) electrons. The van der Waals surface area contributed by atoms with Gasteiger partial charge in [0, 0.05) is 6.04 Å². The second kappa shape index (κ2) is 6.37. The van der Waals surface area contributed by atoms with Crippen molar-refractivity contribution in [2.45, 2.75) is 44.8 Å². The van der Waals surface area contributed by atoms with E-state index < -0.39 is 12.8 Å². The lowest BCUT2D eigenvalue weighted by Crippen LogP contribution is -2.24. The van der Waals surface area contributed by atoms with E-state index in [0.717, 1.165) is 12.3 Å². The summed E-state index contributed by atoms with van der Waals surface area (Å²) >= 11 is 0. The molecule has 20 heavy (non-hydrogen) atoms. The smallest absolute Gasteiger partial charge is 0.422 e. The van der Waals surface area contributed by atoms with Gasteiger partial charge in [-0.3, -0.25) is 0 Å². The van der Waals surface area contributed by atoms with E-state index in [2.05, 4.69) is 12.2 Å². The van der Waals surface area contributed by atoms with E-state index in [0.29, 0.717) is 5.69 Å². The summed E-state index contributed by atoms with van der Waals surface area (Å²) in [5.74, 6) is 1.01. The first-order valence-electron chi connectivity index (χ1n) is 6.99. The van der Waals surface area contributed by atoms with Crippen LogP contribution in [-0.2, 0) is 0 Å². The summed E-state index contributed by atoms with van der Waals surface area (Å²) in [6, 6.07) is 7.01. The molecular formula is C15H20F3NO. The fourth-order valence-corrected chi connectivity index (χ4v) is 2.42. The number of rotatable bonds is 6. The quantitative estimate of drug-likeness (QED) is 0.824. The van der Waals surface area contributed by atoms with Gasteiger partial charge in [-0.1, -0.05) is 31.4 Å². The van der Waals surface area contributed by atoms with Gasteiger partial charge in [-0.15, -0.1) is 0 Å². The Bertz CT molecular complexity index is 429. The molecule has 0 bridgehead atoms. The van der Waals surface area contributed by atoms with Crippen LogP contribution in [-0.4, -0.2) is 18.8 Å². The summed E-state index contributed by atoms with van der Waals surface area (Å²) in [6.07, 6.45) is 0.553. The first kappa shape index (κ1) is 15.0. The molecule has 1 aromatic carbocycles. The zero-order valence-electron chi connectivity index (χ0n) is 11.5. The molecule has 1 saturated carbocycles. The number of anilines is 1. The molecule has 1 aromatic rings. The van der Waals surface area contributed by atoms with Crippen molar-refractivity contribution >= 4 is 5.69 Å². The van der Waals surface area contributed by atoms with Crippen LogP contribution >= 0.6 is 0 Å². The van der Waals surface area contributed by atoms with Crippen molar-refractivity contribution in [1.82, 2.24) is 0 Å². The minimum absolute atomic E-state index is 0.232. The number of para-hydroxylation sites is 2. The number of ether oxygens (including phenoxy) is 1. The molecule has 112 valence electrons. The summed E-state index contributed by atoms with van der Waals surface area (Å²) in [4.78, 5) is 0. The van der Waals surface area contributed by atoms with Crippen LogP contribution in [0.15, 0.2) is 24.3 Å². The van der Waals surface area contributed by atoms with E-state index in [1.165, 1.54) is 19.3 Å². The van der Waals surface area contributed by atoms with Crippen LogP contribution in [0.1, 0.15) is 32.6 Å². The molecule has 0 heterocycles. The van der Waals surface area contributed by atoms with Gasteiger partial charge in [0.05, 0.1) is 5.69 Å². The number of alkyl halides is 3. The molecule has 0 amide bonds. The van der Waals surface area contributed by atoms with Gasteiger partial charge in [0.2, 0.25) is 0 Å². The van der Waals surface area contributed by atoms with Crippen molar-refractivity contribution in [2.75, 3.05) is 11.9 Å². The normalized spacial score (nSPS) is 17.4. The minimum Gasteiger partial charge on any atom is -0.482 e. The van der Waals surface area contributed by atoms with Crippen LogP contribution in [0.3, 0.4) is 0 Å². The Hall–Kier alpha value is -1.39.